The van der Waals surface area contributed by atoms with E-state index in [1.54, 1.807) is 0 Å². The van der Waals surface area contributed by atoms with Gasteiger partial charge in [-0.2, -0.15) is 0 Å². The maximum Gasteiger partial charge on any atom is 0.0596 e. The Morgan fingerprint density at radius 3 is 1.75 bits per heavy atom. The highest BCUT2D eigenvalue weighted by Crippen LogP contribution is 2.43. The second-order valence-corrected chi connectivity index (χ2v) is 7.16. The lowest BCUT2D eigenvalue weighted by atomic mass is 9.66. The molecule has 94 valence electrons. The molecule has 0 radical (unpaired) electrons. The highest BCUT2D eigenvalue weighted by atomic mass is 16.3. The summed E-state index contributed by atoms with van der Waals surface area (Å²) in [5, 5.41) is 10.3. The van der Waals surface area contributed by atoms with Crippen LogP contribution in [0.15, 0.2) is 0 Å². The van der Waals surface area contributed by atoms with Gasteiger partial charge in [0.05, 0.1) is 6.10 Å². The van der Waals surface area contributed by atoms with Crippen LogP contribution in [0.4, 0.5) is 0 Å². The highest BCUT2D eigenvalue weighted by Gasteiger charge is 2.36. The lowest BCUT2D eigenvalue weighted by molar-refractivity contribution is -0.0115. The molecule has 0 heterocycles. The third-order valence-corrected chi connectivity index (χ3v) is 5.11. The highest BCUT2D eigenvalue weighted by molar-refractivity contribution is 4.87. The summed E-state index contributed by atoms with van der Waals surface area (Å²) in [7, 11) is 0. The zero-order valence-electron chi connectivity index (χ0n) is 11.2. The van der Waals surface area contributed by atoms with Crippen molar-refractivity contribution in [1.29, 1.82) is 0 Å². The zero-order valence-corrected chi connectivity index (χ0v) is 11.2. The van der Waals surface area contributed by atoms with Crippen LogP contribution in [0.25, 0.3) is 0 Å². The van der Waals surface area contributed by atoms with E-state index in [0.717, 1.165) is 5.92 Å². The van der Waals surface area contributed by atoms with Crippen molar-refractivity contribution in [2.75, 3.05) is 0 Å². The minimum absolute atomic E-state index is 0.0228. The molecular formula is C15H28O. The quantitative estimate of drug-likeness (QED) is 0.751. The fraction of sp³-hybridized carbons (Fsp3) is 1.00. The number of hydrogen-bond acceptors (Lipinski definition) is 1. The first kappa shape index (κ1) is 12.4. The maximum absolute atomic E-state index is 10.3. The van der Waals surface area contributed by atoms with Gasteiger partial charge in [0.15, 0.2) is 0 Å². The smallest absolute Gasteiger partial charge is 0.0596 e. The van der Waals surface area contributed by atoms with Crippen molar-refractivity contribution in [1.82, 2.24) is 0 Å². The molecule has 2 fully saturated rings. The number of rotatable bonds is 2. The van der Waals surface area contributed by atoms with Gasteiger partial charge < -0.3 is 5.11 Å². The summed E-state index contributed by atoms with van der Waals surface area (Å²) in [5.74, 6) is 2.14. The van der Waals surface area contributed by atoms with Gasteiger partial charge in [-0.25, -0.2) is 0 Å². The molecule has 1 atom stereocenters. The molecule has 2 aliphatic rings. The third-order valence-electron chi connectivity index (χ3n) is 5.11. The fourth-order valence-electron chi connectivity index (χ4n) is 3.49. The molecule has 0 amide bonds. The van der Waals surface area contributed by atoms with Crippen LogP contribution in [0.5, 0.6) is 0 Å². The van der Waals surface area contributed by atoms with Crippen molar-refractivity contribution < 1.29 is 5.11 Å². The molecule has 0 saturated heterocycles. The van der Waals surface area contributed by atoms with Crippen molar-refractivity contribution in [3.05, 3.63) is 0 Å². The minimum atomic E-state index is 0.0228. The van der Waals surface area contributed by atoms with Crippen molar-refractivity contribution in [3.63, 3.8) is 0 Å². The van der Waals surface area contributed by atoms with E-state index in [4.69, 9.17) is 0 Å². The summed E-state index contributed by atoms with van der Waals surface area (Å²) in [6, 6.07) is 0. The Hall–Kier alpha value is -0.0400. The largest absolute Gasteiger partial charge is 0.393 e. The Labute approximate surface area is 101 Å². The monoisotopic (exact) mass is 224 g/mol. The fourth-order valence-corrected chi connectivity index (χ4v) is 3.49. The van der Waals surface area contributed by atoms with Crippen molar-refractivity contribution in [3.8, 4) is 0 Å². The molecule has 1 nitrogen and oxygen atoms in total. The van der Waals surface area contributed by atoms with Gasteiger partial charge in [0.1, 0.15) is 0 Å². The summed E-state index contributed by atoms with van der Waals surface area (Å²) >= 11 is 0. The topological polar surface area (TPSA) is 20.2 Å². The lowest BCUT2D eigenvalue weighted by Gasteiger charge is -2.41. The summed E-state index contributed by atoms with van der Waals surface area (Å²) in [5.41, 5.74) is 0.465. The Balaban J connectivity index is 1.80. The molecule has 1 heteroatoms. The maximum atomic E-state index is 10.3. The molecule has 0 spiro atoms. The third kappa shape index (κ3) is 2.61. The second-order valence-electron chi connectivity index (χ2n) is 7.16. The van der Waals surface area contributed by atoms with Crippen molar-refractivity contribution in [2.45, 2.75) is 71.8 Å². The molecular weight excluding hydrogens is 196 g/mol. The Morgan fingerprint density at radius 1 is 0.875 bits per heavy atom. The Bertz CT molecular complexity index is 216. The minimum Gasteiger partial charge on any atom is -0.393 e. The molecule has 2 rings (SSSR count). The van der Waals surface area contributed by atoms with E-state index < -0.39 is 0 Å². The predicted octanol–water partition coefficient (Wildman–Crippen LogP) is 4.00. The molecule has 1 unspecified atom stereocenters. The first-order chi connectivity index (χ1) is 7.48. The summed E-state index contributed by atoms with van der Waals surface area (Å²) in [6.45, 7) is 7.08. The first-order valence-electron chi connectivity index (χ1n) is 7.16. The van der Waals surface area contributed by atoms with Gasteiger partial charge in [0.25, 0.3) is 0 Å². The zero-order chi connectivity index (χ0) is 11.8. The van der Waals surface area contributed by atoms with Gasteiger partial charge in [0.2, 0.25) is 0 Å². The van der Waals surface area contributed by atoms with Gasteiger partial charge >= 0.3 is 0 Å². The van der Waals surface area contributed by atoms with Crippen LogP contribution in [-0.4, -0.2) is 11.2 Å². The Morgan fingerprint density at radius 2 is 1.38 bits per heavy atom. The molecule has 16 heavy (non-hydrogen) atoms. The van der Waals surface area contributed by atoms with E-state index in [0.29, 0.717) is 17.3 Å². The standard InChI is InChI=1S/C15H28O/c1-15(2,3)13-9-7-12(8-10-13)14(16)11-5-4-6-11/h11-14,16H,4-10H2,1-3H3. The number of aliphatic hydroxyl groups excluding tert-OH is 1. The van der Waals surface area contributed by atoms with Gasteiger partial charge in [0, 0.05) is 0 Å². The average Bonchev–Trinajstić information content (AvgIpc) is 2.14. The van der Waals surface area contributed by atoms with Gasteiger partial charge in [-0.15, -0.1) is 0 Å². The van der Waals surface area contributed by atoms with Gasteiger partial charge in [-0.3, -0.25) is 0 Å². The lowest BCUT2D eigenvalue weighted by Crippen LogP contribution is -2.37. The van der Waals surface area contributed by atoms with Crippen LogP contribution >= 0.6 is 0 Å². The first-order valence-corrected chi connectivity index (χ1v) is 7.16. The van der Waals surface area contributed by atoms with Crippen molar-refractivity contribution >= 4 is 0 Å². The molecule has 0 aromatic carbocycles. The summed E-state index contributed by atoms with van der Waals surface area (Å²) in [4.78, 5) is 0. The Kier molecular flexibility index (Phi) is 3.63. The second kappa shape index (κ2) is 4.68. The van der Waals surface area contributed by atoms with Crippen LogP contribution in [0, 0.1) is 23.2 Å². The summed E-state index contributed by atoms with van der Waals surface area (Å²) < 4.78 is 0. The van der Waals surface area contributed by atoms with E-state index in [2.05, 4.69) is 20.8 Å². The van der Waals surface area contributed by atoms with Gasteiger partial charge in [-0.05, 0) is 61.7 Å². The molecule has 0 aromatic rings. The molecule has 1 N–H and O–H groups in total. The van der Waals surface area contributed by atoms with Crippen LogP contribution in [0.2, 0.25) is 0 Å². The average molecular weight is 224 g/mol. The van der Waals surface area contributed by atoms with Gasteiger partial charge in [-0.1, -0.05) is 27.2 Å². The van der Waals surface area contributed by atoms with E-state index in [1.807, 2.05) is 0 Å². The number of hydrogen-bond donors (Lipinski definition) is 1. The molecule has 0 aliphatic heterocycles. The molecule has 2 saturated carbocycles. The van der Waals surface area contributed by atoms with E-state index >= 15 is 0 Å². The van der Waals surface area contributed by atoms with Crippen LogP contribution in [0.3, 0.4) is 0 Å². The van der Waals surface area contributed by atoms with E-state index in [9.17, 15) is 5.11 Å². The van der Waals surface area contributed by atoms with Crippen LogP contribution < -0.4 is 0 Å². The summed E-state index contributed by atoms with van der Waals surface area (Å²) in [6.07, 6.45) is 9.11. The molecule has 2 aliphatic carbocycles. The van der Waals surface area contributed by atoms with Crippen LogP contribution in [0.1, 0.15) is 65.7 Å². The normalized spacial score (nSPS) is 34.5. The predicted molar refractivity (Wildman–Crippen MR) is 68.3 cm³/mol. The van der Waals surface area contributed by atoms with Crippen molar-refractivity contribution in [2.24, 2.45) is 23.2 Å². The number of aliphatic hydroxyl groups is 1. The SMILES string of the molecule is CC(C)(C)C1CCC(C(O)C2CCC2)CC1. The van der Waals surface area contributed by atoms with Crippen LogP contribution in [-0.2, 0) is 0 Å². The molecule has 0 aromatic heterocycles. The van der Waals surface area contributed by atoms with E-state index in [1.165, 1.54) is 44.9 Å². The van der Waals surface area contributed by atoms with E-state index in [-0.39, 0.29) is 6.10 Å². The molecule has 0 bridgehead atoms.